The fraction of sp³-hybridized carbons (Fsp3) is 0.300. The molecule has 0 saturated carbocycles. The summed E-state index contributed by atoms with van der Waals surface area (Å²) >= 11 is 11.5. The highest BCUT2D eigenvalue weighted by atomic mass is 35.5. The smallest absolute Gasteiger partial charge is 0.339 e. The topological polar surface area (TPSA) is 59.6 Å². The maximum atomic E-state index is 12.0. The third-order valence-electron chi connectivity index (χ3n) is 3.95. The number of methoxy groups -OCH3 is 1. The van der Waals surface area contributed by atoms with Crippen LogP contribution in [0, 0.1) is 0 Å². The lowest BCUT2D eigenvalue weighted by molar-refractivity contribution is 0.0526. The predicted molar refractivity (Wildman–Crippen MR) is 113 cm³/mol. The van der Waals surface area contributed by atoms with E-state index >= 15 is 0 Å². The van der Waals surface area contributed by atoms with Crippen LogP contribution in [0.4, 0.5) is 5.69 Å². The summed E-state index contributed by atoms with van der Waals surface area (Å²) in [6.45, 7) is 4.11. The van der Waals surface area contributed by atoms with Crippen molar-refractivity contribution in [2.45, 2.75) is 26.3 Å². The van der Waals surface area contributed by atoms with E-state index in [4.69, 9.17) is 33.3 Å². The molecule has 2 aromatic rings. The highest BCUT2D eigenvalue weighted by molar-refractivity contribution is 7.80. The van der Waals surface area contributed by atoms with E-state index in [-0.39, 0.29) is 12.6 Å². The Bertz CT molecular complexity index is 796. The van der Waals surface area contributed by atoms with E-state index in [1.54, 1.807) is 32.2 Å². The van der Waals surface area contributed by atoms with E-state index in [0.717, 1.165) is 17.7 Å². The van der Waals surface area contributed by atoms with Crippen LogP contribution < -0.4 is 15.4 Å². The molecule has 0 aliphatic heterocycles. The summed E-state index contributed by atoms with van der Waals surface area (Å²) in [4.78, 5) is 12.0. The second kappa shape index (κ2) is 10.1. The number of rotatable bonds is 7. The first-order valence-corrected chi connectivity index (χ1v) is 9.45. The van der Waals surface area contributed by atoms with Crippen LogP contribution in [-0.2, 0) is 4.74 Å². The molecule has 2 N–H and O–H groups in total. The van der Waals surface area contributed by atoms with Gasteiger partial charge in [0.15, 0.2) is 5.11 Å². The molecule has 27 heavy (non-hydrogen) atoms. The number of hydrogen-bond donors (Lipinski definition) is 2. The van der Waals surface area contributed by atoms with Crippen molar-refractivity contribution in [2.75, 3.05) is 19.0 Å². The average Bonchev–Trinajstić information content (AvgIpc) is 2.68. The number of nitrogens with one attached hydrogen (secondary N) is 2. The van der Waals surface area contributed by atoms with Crippen LogP contribution in [0.25, 0.3) is 0 Å². The molecule has 0 amide bonds. The summed E-state index contributed by atoms with van der Waals surface area (Å²) in [6.07, 6.45) is 0.850. The van der Waals surface area contributed by atoms with Gasteiger partial charge in [-0.3, -0.25) is 0 Å². The van der Waals surface area contributed by atoms with Gasteiger partial charge in [-0.25, -0.2) is 4.79 Å². The molecule has 0 aliphatic carbocycles. The van der Waals surface area contributed by atoms with Crippen molar-refractivity contribution in [2.24, 2.45) is 0 Å². The van der Waals surface area contributed by atoms with Gasteiger partial charge in [0.2, 0.25) is 0 Å². The molecule has 0 unspecified atom stereocenters. The van der Waals surface area contributed by atoms with Gasteiger partial charge in [-0.05, 0) is 61.5 Å². The summed E-state index contributed by atoms with van der Waals surface area (Å²) in [5, 5.41) is 7.17. The summed E-state index contributed by atoms with van der Waals surface area (Å²) in [5.74, 6) is 0.344. The van der Waals surface area contributed by atoms with Gasteiger partial charge < -0.3 is 20.1 Å². The van der Waals surface area contributed by atoms with Crippen LogP contribution in [0.5, 0.6) is 5.75 Å². The molecule has 0 bridgehead atoms. The van der Waals surface area contributed by atoms with E-state index in [9.17, 15) is 4.79 Å². The monoisotopic (exact) mass is 406 g/mol. The lowest BCUT2D eigenvalue weighted by atomic mass is 10.0. The van der Waals surface area contributed by atoms with Crippen LogP contribution in [0.1, 0.15) is 42.2 Å². The van der Waals surface area contributed by atoms with Crippen molar-refractivity contribution in [1.82, 2.24) is 5.32 Å². The number of esters is 1. The largest absolute Gasteiger partial charge is 0.497 e. The summed E-state index contributed by atoms with van der Waals surface area (Å²) in [6, 6.07) is 12.9. The first kappa shape index (κ1) is 21.0. The van der Waals surface area contributed by atoms with Crippen molar-refractivity contribution >= 4 is 40.6 Å². The van der Waals surface area contributed by atoms with Crippen LogP contribution in [0.2, 0.25) is 5.02 Å². The van der Waals surface area contributed by atoms with Gasteiger partial charge in [0.25, 0.3) is 0 Å². The lowest BCUT2D eigenvalue weighted by Gasteiger charge is -2.20. The van der Waals surface area contributed by atoms with Crippen LogP contribution in [-0.4, -0.2) is 24.8 Å². The molecule has 2 aromatic carbocycles. The zero-order valence-corrected chi connectivity index (χ0v) is 17.1. The van der Waals surface area contributed by atoms with E-state index < -0.39 is 5.97 Å². The SMILES string of the molecule is CCOC(=O)c1cc(NC(=S)N[C@H](CC)c2ccc(OC)cc2)ccc1Cl. The second-order valence-corrected chi connectivity index (χ2v) is 6.56. The molecular formula is C20H23ClN2O3S. The molecule has 2 rings (SSSR count). The average molecular weight is 407 g/mol. The molecule has 0 aliphatic rings. The second-order valence-electron chi connectivity index (χ2n) is 5.75. The fourth-order valence-corrected chi connectivity index (χ4v) is 3.01. The number of benzene rings is 2. The van der Waals surface area contributed by atoms with Crippen molar-refractivity contribution < 1.29 is 14.3 Å². The number of halogens is 1. The molecule has 1 atom stereocenters. The van der Waals surface area contributed by atoms with Gasteiger partial charge in [-0.2, -0.15) is 0 Å². The van der Waals surface area contributed by atoms with Gasteiger partial charge in [0, 0.05) is 5.69 Å². The lowest BCUT2D eigenvalue weighted by Crippen LogP contribution is -2.32. The molecule has 0 saturated heterocycles. The molecule has 5 nitrogen and oxygen atoms in total. The van der Waals surface area contributed by atoms with Crippen LogP contribution in [0.15, 0.2) is 42.5 Å². The maximum absolute atomic E-state index is 12.0. The Balaban J connectivity index is 2.07. The first-order valence-electron chi connectivity index (χ1n) is 8.66. The Morgan fingerprint density at radius 3 is 2.48 bits per heavy atom. The standard InChI is InChI=1S/C20H23ClN2O3S/c1-4-18(13-6-9-15(25-3)10-7-13)23-20(27)22-14-8-11-17(21)16(12-14)19(24)26-5-2/h6-12,18H,4-5H2,1-3H3,(H2,22,23,27)/t18-/m1/s1. The Kier molecular flexibility index (Phi) is 7.88. The zero-order chi connectivity index (χ0) is 19.8. The van der Waals surface area contributed by atoms with E-state index in [1.807, 2.05) is 24.3 Å². The molecular weight excluding hydrogens is 384 g/mol. The number of hydrogen-bond acceptors (Lipinski definition) is 4. The van der Waals surface area contributed by atoms with Gasteiger partial charge >= 0.3 is 5.97 Å². The Morgan fingerprint density at radius 2 is 1.89 bits per heavy atom. The van der Waals surface area contributed by atoms with Crippen LogP contribution >= 0.6 is 23.8 Å². The number of carbonyl (C=O) groups excluding carboxylic acids is 1. The fourth-order valence-electron chi connectivity index (χ4n) is 2.55. The van der Waals surface area contributed by atoms with Crippen molar-refractivity contribution in [3.05, 3.63) is 58.6 Å². The number of ether oxygens (including phenoxy) is 2. The first-order chi connectivity index (χ1) is 13.0. The Labute approximate surface area is 170 Å². The Morgan fingerprint density at radius 1 is 1.19 bits per heavy atom. The summed E-state index contributed by atoms with van der Waals surface area (Å²) in [7, 11) is 1.64. The van der Waals surface area contributed by atoms with Crippen molar-refractivity contribution in [3.8, 4) is 5.75 Å². The quantitative estimate of drug-likeness (QED) is 0.500. The molecule has 0 spiro atoms. The summed E-state index contributed by atoms with van der Waals surface area (Å²) < 4.78 is 10.2. The highest BCUT2D eigenvalue weighted by Gasteiger charge is 2.14. The molecule has 0 radical (unpaired) electrons. The molecule has 7 heteroatoms. The number of carbonyl (C=O) groups is 1. The summed E-state index contributed by atoms with van der Waals surface area (Å²) in [5.41, 5.74) is 2.06. The molecule has 0 aromatic heterocycles. The van der Waals surface area contributed by atoms with Crippen LogP contribution in [0.3, 0.4) is 0 Å². The van der Waals surface area contributed by atoms with Gasteiger partial charge in [-0.1, -0.05) is 30.7 Å². The van der Waals surface area contributed by atoms with Crippen molar-refractivity contribution in [1.29, 1.82) is 0 Å². The Hall–Kier alpha value is -2.31. The highest BCUT2D eigenvalue weighted by Crippen LogP contribution is 2.23. The van der Waals surface area contributed by atoms with Gasteiger partial charge in [-0.15, -0.1) is 0 Å². The normalized spacial score (nSPS) is 11.4. The van der Waals surface area contributed by atoms with E-state index in [1.165, 1.54) is 0 Å². The predicted octanol–water partition coefficient (Wildman–Crippen LogP) is 4.96. The van der Waals surface area contributed by atoms with E-state index in [0.29, 0.717) is 21.4 Å². The third kappa shape index (κ3) is 5.84. The zero-order valence-electron chi connectivity index (χ0n) is 15.5. The minimum absolute atomic E-state index is 0.0488. The number of anilines is 1. The van der Waals surface area contributed by atoms with Gasteiger partial charge in [0.05, 0.1) is 30.3 Å². The molecule has 0 fully saturated rings. The number of thiocarbonyl (C=S) groups is 1. The molecule has 0 heterocycles. The third-order valence-corrected chi connectivity index (χ3v) is 4.50. The maximum Gasteiger partial charge on any atom is 0.339 e. The molecule has 144 valence electrons. The minimum atomic E-state index is -0.463. The van der Waals surface area contributed by atoms with E-state index in [2.05, 4.69) is 17.6 Å². The van der Waals surface area contributed by atoms with Gasteiger partial charge in [0.1, 0.15) is 5.75 Å². The minimum Gasteiger partial charge on any atom is -0.497 e. The van der Waals surface area contributed by atoms with Crippen molar-refractivity contribution in [3.63, 3.8) is 0 Å².